The van der Waals surface area contributed by atoms with Crippen LogP contribution in [-0.2, 0) is 16.0 Å². The maximum absolute atomic E-state index is 5.44. The van der Waals surface area contributed by atoms with Gasteiger partial charge in [-0.15, -0.1) is 24.0 Å². The summed E-state index contributed by atoms with van der Waals surface area (Å²) in [6.45, 7) is 3.53. The fraction of sp³-hybridized carbons (Fsp3) is 0.588. The lowest BCUT2D eigenvalue weighted by Crippen LogP contribution is -2.39. The Morgan fingerprint density at radius 3 is 2.58 bits per heavy atom. The lowest BCUT2D eigenvalue weighted by Gasteiger charge is -2.23. The van der Waals surface area contributed by atoms with Crippen LogP contribution in [-0.4, -0.2) is 65.5 Å². The van der Waals surface area contributed by atoms with E-state index in [0.717, 1.165) is 36.8 Å². The van der Waals surface area contributed by atoms with Gasteiger partial charge in [0.1, 0.15) is 5.75 Å². The zero-order chi connectivity index (χ0) is 16.9. The molecule has 1 rings (SSSR count). The van der Waals surface area contributed by atoms with Crippen LogP contribution in [0.5, 0.6) is 5.75 Å². The van der Waals surface area contributed by atoms with Crippen molar-refractivity contribution in [1.29, 1.82) is 0 Å². The average molecular weight is 451 g/mol. The molecule has 0 unspecified atom stereocenters. The molecule has 0 spiro atoms. The monoisotopic (exact) mass is 451 g/mol. The molecule has 0 radical (unpaired) electrons. The second kappa shape index (κ2) is 14.3. The van der Waals surface area contributed by atoms with Crippen molar-refractivity contribution >= 4 is 29.9 Å². The Balaban J connectivity index is 0.00000529. The van der Waals surface area contributed by atoms with Crippen molar-refractivity contribution in [3.05, 3.63) is 29.8 Å². The number of nitrogens with zero attached hydrogens (tertiary/aromatic N) is 2. The van der Waals surface area contributed by atoms with Gasteiger partial charge < -0.3 is 24.4 Å². The molecular weight excluding hydrogens is 421 g/mol. The highest BCUT2D eigenvalue weighted by Crippen LogP contribution is 2.18. The zero-order valence-corrected chi connectivity index (χ0v) is 17.4. The summed E-state index contributed by atoms with van der Waals surface area (Å²) in [5.74, 6) is 1.74. The quantitative estimate of drug-likeness (QED) is 0.256. The molecule has 0 aliphatic heterocycles. The van der Waals surface area contributed by atoms with Crippen LogP contribution in [0.4, 0.5) is 0 Å². The average Bonchev–Trinajstić information content (AvgIpc) is 2.57. The van der Waals surface area contributed by atoms with E-state index in [0.29, 0.717) is 19.8 Å². The summed E-state index contributed by atoms with van der Waals surface area (Å²) in [6, 6.07) is 8.02. The smallest absolute Gasteiger partial charge is 0.193 e. The number of halogens is 1. The van der Waals surface area contributed by atoms with Crippen molar-refractivity contribution in [2.45, 2.75) is 13.0 Å². The molecule has 24 heavy (non-hydrogen) atoms. The first kappa shape index (κ1) is 22.9. The summed E-state index contributed by atoms with van der Waals surface area (Å²) in [4.78, 5) is 6.39. The van der Waals surface area contributed by atoms with E-state index in [1.807, 2.05) is 25.2 Å². The molecule has 138 valence electrons. The Morgan fingerprint density at radius 2 is 1.92 bits per heavy atom. The van der Waals surface area contributed by atoms with E-state index >= 15 is 0 Å². The molecule has 0 fully saturated rings. The number of ether oxygens (including phenoxy) is 3. The second-order valence-electron chi connectivity index (χ2n) is 5.10. The van der Waals surface area contributed by atoms with E-state index in [4.69, 9.17) is 14.2 Å². The van der Waals surface area contributed by atoms with Gasteiger partial charge in [-0.2, -0.15) is 0 Å². The zero-order valence-electron chi connectivity index (χ0n) is 15.1. The maximum atomic E-state index is 5.44. The number of para-hydroxylation sites is 1. The third-order valence-electron chi connectivity index (χ3n) is 3.35. The van der Waals surface area contributed by atoms with Gasteiger partial charge in [-0.1, -0.05) is 18.2 Å². The molecule has 1 N–H and O–H groups in total. The van der Waals surface area contributed by atoms with Crippen LogP contribution in [0, 0.1) is 0 Å². The molecule has 1 aromatic carbocycles. The van der Waals surface area contributed by atoms with Crippen molar-refractivity contribution in [2.24, 2.45) is 4.99 Å². The molecule has 0 aromatic heterocycles. The van der Waals surface area contributed by atoms with Crippen LogP contribution in [0.25, 0.3) is 0 Å². The number of hydrogen-bond acceptors (Lipinski definition) is 4. The Bertz CT molecular complexity index is 472. The number of benzene rings is 1. The van der Waals surface area contributed by atoms with E-state index in [1.165, 1.54) is 0 Å². The minimum absolute atomic E-state index is 0. The van der Waals surface area contributed by atoms with Gasteiger partial charge in [0.15, 0.2) is 5.96 Å². The van der Waals surface area contributed by atoms with Gasteiger partial charge in [-0.05, 0) is 12.5 Å². The number of guanidine groups is 1. The highest BCUT2D eigenvalue weighted by atomic mass is 127. The Hall–Kier alpha value is -1.06. The van der Waals surface area contributed by atoms with Crippen molar-refractivity contribution in [3.63, 3.8) is 0 Å². The molecule has 0 aliphatic rings. The molecule has 0 saturated carbocycles. The van der Waals surface area contributed by atoms with E-state index in [9.17, 15) is 0 Å². The van der Waals surface area contributed by atoms with Gasteiger partial charge in [-0.3, -0.25) is 4.99 Å². The standard InChI is InChI=1S/C17H29N3O3.HI/c1-18-17(19-10-7-11-23-13-12-21-3)20(2)14-15-8-5-6-9-16(15)22-4;/h5-6,8-9H,7,10-14H2,1-4H3,(H,18,19);1H. The van der Waals surface area contributed by atoms with Crippen LogP contribution in [0.15, 0.2) is 29.3 Å². The minimum Gasteiger partial charge on any atom is -0.496 e. The van der Waals surface area contributed by atoms with Gasteiger partial charge >= 0.3 is 0 Å². The van der Waals surface area contributed by atoms with Gasteiger partial charge in [0, 0.05) is 46.5 Å². The van der Waals surface area contributed by atoms with Crippen LogP contribution < -0.4 is 10.1 Å². The normalized spacial score (nSPS) is 10.9. The van der Waals surface area contributed by atoms with Gasteiger partial charge in [0.05, 0.1) is 20.3 Å². The number of rotatable bonds is 10. The molecule has 0 aliphatic carbocycles. The van der Waals surface area contributed by atoms with Gasteiger partial charge in [0.2, 0.25) is 0 Å². The highest BCUT2D eigenvalue weighted by Gasteiger charge is 2.09. The summed E-state index contributed by atoms with van der Waals surface area (Å²) in [6.07, 6.45) is 0.922. The first-order valence-corrected chi connectivity index (χ1v) is 7.83. The lowest BCUT2D eigenvalue weighted by molar-refractivity contribution is 0.0698. The Labute approximate surface area is 162 Å². The van der Waals surface area contributed by atoms with Crippen LogP contribution in [0.2, 0.25) is 0 Å². The predicted octanol–water partition coefficient (Wildman–Crippen LogP) is 2.37. The summed E-state index contributed by atoms with van der Waals surface area (Å²) in [7, 11) is 7.16. The summed E-state index contributed by atoms with van der Waals surface area (Å²) < 4.78 is 15.8. The fourth-order valence-electron chi connectivity index (χ4n) is 2.17. The molecule has 0 heterocycles. The van der Waals surface area contributed by atoms with E-state index in [-0.39, 0.29) is 24.0 Å². The van der Waals surface area contributed by atoms with Crippen molar-refractivity contribution < 1.29 is 14.2 Å². The molecule has 6 nitrogen and oxygen atoms in total. The highest BCUT2D eigenvalue weighted by molar-refractivity contribution is 14.0. The molecule has 1 aromatic rings. The van der Waals surface area contributed by atoms with Crippen molar-refractivity contribution in [3.8, 4) is 5.75 Å². The van der Waals surface area contributed by atoms with E-state index in [2.05, 4.69) is 21.3 Å². The SMILES string of the molecule is CN=C(NCCCOCCOC)N(C)Cc1ccccc1OC.I. The second-order valence-corrected chi connectivity index (χ2v) is 5.10. The third kappa shape index (κ3) is 8.70. The summed E-state index contributed by atoms with van der Waals surface area (Å²) in [5.41, 5.74) is 1.13. The number of aliphatic imine (C=N–C) groups is 1. The minimum atomic E-state index is 0. The van der Waals surface area contributed by atoms with Crippen LogP contribution in [0.1, 0.15) is 12.0 Å². The molecular formula is C17H30IN3O3. The Morgan fingerprint density at radius 1 is 1.17 bits per heavy atom. The Kier molecular flexibility index (Phi) is 13.7. The summed E-state index contributed by atoms with van der Waals surface area (Å²) in [5, 5.41) is 3.34. The van der Waals surface area contributed by atoms with Crippen LogP contribution >= 0.6 is 24.0 Å². The molecule has 0 atom stereocenters. The van der Waals surface area contributed by atoms with Crippen molar-refractivity contribution in [1.82, 2.24) is 10.2 Å². The largest absolute Gasteiger partial charge is 0.496 e. The predicted molar refractivity (Wildman–Crippen MR) is 109 cm³/mol. The number of methoxy groups -OCH3 is 2. The van der Waals surface area contributed by atoms with E-state index < -0.39 is 0 Å². The lowest BCUT2D eigenvalue weighted by atomic mass is 10.2. The summed E-state index contributed by atoms with van der Waals surface area (Å²) >= 11 is 0. The molecule has 0 saturated heterocycles. The molecule has 0 amide bonds. The first-order chi connectivity index (χ1) is 11.2. The molecule has 0 bridgehead atoms. The van der Waals surface area contributed by atoms with E-state index in [1.54, 1.807) is 21.3 Å². The van der Waals surface area contributed by atoms with Gasteiger partial charge in [-0.25, -0.2) is 0 Å². The van der Waals surface area contributed by atoms with Gasteiger partial charge in [0.25, 0.3) is 0 Å². The maximum Gasteiger partial charge on any atom is 0.193 e. The van der Waals surface area contributed by atoms with Crippen molar-refractivity contribution in [2.75, 3.05) is 54.7 Å². The third-order valence-corrected chi connectivity index (χ3v) is 3.35. The molecule has 7 heteroatoms. The first-order valence-electron chi connectivity index (χ1n) is 7.83. The number of nitrogens with one attached hydrogen (secondary N) is 1. The fourth-order valence-corrected chi connectivity index (χ4v) is 2.17. The number of hydrogen-bond donors (Lipinski definition) is 1. The topological polar surface area (TPSA) is 55.3 Å². The van der Waals surface area contributed by atoms with Crippen LogP contribution in [0.3, 0.4) is 0 Å².